The van der Waals surface area contributed by atoms with Gasteiger partial charge in [0, 0.05) is 16.7 Å². The highest BCUT2D eigenvalue weighted by Gasteiger charge is 2.43. The van der Waals surface area contributed by atoms with E-state index in [1.165, 1.54) is 0 Å². The summed E-state index contributed by atoms with van der Waals surface area (Å²) in [5.74, 6) is 0.494. The smallest absolute Gasteiger partial charge is 0.169 e. The van der Waals surface area contributed by atoms with E-state index in [1.807, 2.05) is 26.0 Å². The van der Waals surface area contributed by atoms with Gasteiger partial charge in [0.25, 0.3) is 0 Å². The van der Waals surface area contributed by atoms with Gasteiger partial charge in [-0.2, -0.15) is 0 Å². The van der Waals surface area contributed by atoms with E-state index < -0.39 is 0 Å². The molecule has 0 aromatic heterocycles. The van der Waals surface area contributed by atoms with Gasteiger partial charge in [-0.15, -0.1) is 0 Å². The molecule has 2 heteroatoms. The van der Waals surface area contributed by atoms with Crippen molar-refractivity contribution < 1.29 is 4.79 Å². The lowest BCUT2D eigenvalue weighted by Gasteiger charge is -2.21. The number of rotatable bonds is 0. The largest absolute Gasteiger partial charge is 0.399 e. The lowest BCUT2D eigenvalue weighted by molar-refractivity contribution is 0.0841. The number of carbonyl (C=O) groups is 1. The van der Waals surface area contributed by atoms with Crippen molar-refractivity contribution >= 4 is 11.5 Å². The molecule has 1 atom stereocenters. The molecule has 0 spiro atoms. The van der Waals surface area contributed by atoms with Crippen LogP contribution in [-0.4, -0.2) is 5.78 Å². The van der Waals surface area contributed by atoms with Gasteiger partial charge in [-0.25, -0.2) is 0 Å². The number of hydrogen-bond acceptors (Lipinski definition) is 2. The molecule has 1 aromatic rings. The van der Waals surface area contributed by atoms with E-state index in [-0.39, 0.29) is 17.1 Å². The average molecular weight is 189 g/mol. The molecule has 74 valence electrons. The fourth-order valence-corrected chi connectivity index (χ4v) is 2.08. The molecule has 2 nitrogen and oxygen atoms in total. The van der Waals surface area contributed by atoms with Crippen LogP contribution in [0.1, 0.15) is 42.6 Å². The molecule has 0 saturated heterocycles. The molecule has 0 bridgehead atoms. The summed E-state index contributed by atoms with van der Waals surface area (Å²) in [5, 5.41) is 0. The molecule has 0 saturated carbocycles. The van der Waals surface area contributed by atoms with Crippen LogP contribution < -0.4 is 5.73 Å². The summed E-state index contributed by atoms with van der Waals surface area (Å²) in [6.45, 7) is 6.08. The number of ketones is 1. The molecule has 1 aliphatic carbocycles. The highest BCUT2D eigenvalue weighted by Crippen LogP contribution is 2.46. The first-order valence-corrected chi connectivity index (χ1v) is 4.89. The molecule has 1 unspecified atom stereocenters. The minimum absolute atomic E-state index is 0.236. The van der Waals surface area contributed by atoms with Gasteiger partial charge in [-0.3, -0.25) is 4.79 Å². The Balaban J connectivity index is 2.65. The van der Waals surface area contributed by atoms with E-state index in [9.17, 15) is 4.79 Å². The highest BCUT2D eigenvalue weighted by molar-refractivity contribution is 6.05. The van der Waals surface area contributed by atoms with Gasteiger partial charge in [0.15, 0.2) is 5.78 Å². The number of fused-ring (bicyclic) bond motifs is 1. The number of nitrogens with two attached hydrogens (primary N) is 1. The number of carbonyl (C=O) groups excluding carboxylic acids is 1. The van der Waals surface area contributed by atoms with Gasteiger partial charge in [0.05, 0.1) is 0 Å². The number of Topliss-reactive ketones (excluding diaryl/α,β-unsaturated/α-hetero) is 1. The molecule has 0 heterocycles. The normalized spacial score (nSPS) is 23.6. The molecule has 1 aromatic carbocycles. The lowest BCUT2D eigenvalue weighted by atomic mass is 9.80. The maximum atomic E-state index is 12.0. The summed E-state index contributed by atoms with van der Waals surface area (Å²) in [7, 11) is 0. The summed E-state index contributed by atoms with van der Waals surface area (Å²) in [4.78, 5) is 12.0. The molecule has 0 radical (unpaired) electrons. The summed E-state index contributed by atoms with van der Waals surface area (Å²) in [6, 6.07) is 5.57. The van der Waals surface area contributed by atoms with Crippen LogP contribution in [-0.2, 0) is 0 Å². The topological polar surface area (TPSA) is 43.1 Å². The van der Waals surface area contributed by atoms with Crippen molar-refractivity contribution in [3.8, 4) is 0 Å². The molecule has 14 heavy (non-hydrogen) atoms. The van der Waals surface area contributed by atoms with Crippen LogP contribution >= 0.6 is 0 Å². The Hall–Kier alpha value is -1.31. The fraction of sp³-hybridized carbons (Fsp3) is 0.417. The number of nitrogen functional groups attached to an aromatic ring is 1. The second-order valence-corrected chi connectivity index (χ2v) is 4.62. The molecular formula is C12H15NO. The predicted molar refractivity (Wildman–Crippen MR) is 57.4 cm³/mol. The quantitative estimate of drug-likeness (QED) is 0.637. The van der Waals surface area contributed by atoms with Crippen LogP contribution in [0.5, 0.6) is 0 Å². The minimum atomic E-state index is -0.282. The summed E-state index contributed by atoms with van der Waals surface area (Å²) in [6.07, 6.45) is 0. The first kappa shape index (κ1) is 9.25. The summed E-state index contributed by atoms with van der Waals surface area (Å²) in [5.41, 5.74) is 8.11. The second kappa shape index (κ2) is 2.59. The van der Waals surface area contributed by atoms with E-state index >= 15 is 0 Å². The standard InChI is InChI=1S/C12H15NO/c1-7-10-6-8(13)4-5-9(10)11(14)12(7,2)3/h4-7H,13H2,1-3H3. The number of benzene rings is 1. The molecule has 2 rings (SSSR count). The lowest BCUT2D eigenvalue weighted by Crippen LogP contribution is -2.22. The predicted octanol–water partition coefficient (Wildman–Crippen LogP) is 2.59. The van der Waals surface area contributed by atoms with E-state index in [2.05, 4.69) is 6.92 Å². The Bertz CT molecular complexity index is 407. The van der Waals surface area contributed by atoms with Crippen molar-refractivity contribution in [1.29, 1.82) is 0 Å². The Morgan fingerprint density at radius 2 is 2.00 bits per heavy atom. The maximum absolute atomic E-state index is 12.0. The number of anilines is 1. The van der Waals surface area contributed by atoms with Crippen molar-refractivity contribution in [3.63, 3.8) is 0 Å². The van der Waals surface area contributed by atoms with Crippen molar-refractivity contribution in [3.05, 3.63) is 29.3 Å². The van der Waals surface area contributed by atoms with Gasteiger partial charge in [0.1, 0.15) is 0 Å². The van der Waals surface area contributed by atoms with Crippen molar-refractivity contribution in [2.75, 3.05) is 5.73 Å². The van der Waals surface area contributed by atoms with E-state index in [1.54, 1.807) is 6.07 Å². The SMILES string of the molecule is CC1c2cc(N)ccc2C(=O)C1(C)C. The van der Waals surface area contributed by atoms with E-state index in [0.29, 0.717) is 0 Å². The van der Waals surface area contributed by atoms with Crippen LogP contribution in [0.3, 0.4) is 0 Å². The third-order valence-corrected chi connectivity index (χ3v) is 3.45. The molecule has 0 amide bonds. The summed E-state index contributed by atoms with van der Waals surface area (Å²) >= 11 is 0. The summed E-state index contributed by atoms with van der Waals surface area (Å²) < 4.78 is 0. The molecule has 0 fully saturated rings. The molecule has 2 N–H and O–H groups in total. The van der Waals surface area contributed by atoms with Gasteiger partial charge in [-0.05, 0) is 29.7 Å². The van der Waals surface area contributed by atoms with Crippen LogP contribution in [0.15, 0.2) is 18.2 Å². The van der Waals surface area contributed by atoms with E-state index in [4.69, 9.17) is 5.73 Å². The Kier molecular flexibility index (Phi) is 1.71. The highest BCUT2D eigenvalue weighted by atomic mass is 16.1. The first-order valence-electron chi connectivity index (χ1n) is 4.89. The zero-order chi connectivity index (χ0) is 10.5. The van der Waals surface area contributed by atoms with Crippen molar-refractivity contribution in [2.24, 2.45) is 5.41 Å². The molecule has 0 aliphatic heterocycles. The van der Waals surface area contributed by atoms with Gasteiger partial charge >= 0.3 is 0 Å². The first-order chi connectivity index (χ1) is 6.44. The van der Waals surface area contributed by atoms with Gasteiger partial charge < -0.3 is 5.73 Å². The van der Waals surface area contributed by atoms with Crippen molar-refractivity contribution in [2.45, 2.75) is 26.7 Å². The van der Waals surface area contributed by atoms with Gasteiger partial charge in [0.2, 0.25) is 0 Å². The number of hydrogen-bond donors (Lipinski definition) is 1. The molecule has 1 aliphatic rings. The van der Waals surface area contributed by atoms with Crippen LogP contribution in [0.2, 0.25) is 0 Å². The van der Waals surface area contributed by atoms with Crippen LogP contribution in [0.4, 0.5) is 5.69 Å². The van der Waals surface area contributed by atoms with Crippen LogP contribution in [0.25, 0.3) is 0 Å². The minimum Gasteiger partial charge on any atom is -0.399 e. The zero-order valence-corrected chi connectivity index (χ0v) is 8.79. The average Bonchev–Trinajstić information content (AvgIpc) is 2.29. The second-order valence-electron chi connectivity index (χ2n) is 4.62. The zero-order valence-electron chi connectivity index (χ0n) is 8.79. The van der Waals surface area contributed by atoms with E-state index in [0.717, 1.165) is 16.8 Å². The van der Waals surface area contributed by atoms with Gasteiger partial charge in [-0.1, -0.05) is 20.8 Å². The third kappa shape index (κ3) is 0.999. The fourth-order valence-electron chi connectivity index (χ4n) is 2.08. The molecular weight excluding hydrogens is 174 g/mol. The Labute approximate surface area is 84.1 Å². The maximum Gasteiger partial charge on any atom is 0.169 e. The van der Waals surface area contributed by atoms with Crippen LogP contribution in [0, 0.1) is 5.41 Å². The Morgan fingerprint density at radius 3 is 2.64 bits per heavy atom. The third-order valence-electron chi connectivity index (χ3n) is 3.45. The Morgan fingerprint density at radius 1 is 1.36 bits per heavy atom. The monoisotopic (exact) mass is 189 g/mol. The van der Waals surface area contributed by atoms with Crippen molar-refractivity contribution in [1.82, 2.24) is 0 Å².